The fourth-order valence-electron chi connectivity index (χ4n) is 1.81. The molecular weight excluding hydrogens is 393 g/mol. The highest BCUT2D eigenvalue weighted by molar-refractivity contribution is 14.0. The van der Waals surface area contributed by atoms with Crippen molar-refractivity contribution in [2.45, 2.75) is 39.3 Å². The van der Waals surface area contributed by atoms with Gasteiger partial charge in [0, 0.05) is 26.7 Å². The van der Waals surface area contributed by atoms with E-state index in [0.717, 1.165) is 31.3 Å². The molecule has 0 unspecified atom stereocenters. The third kappa shape index (κ3) is 7.92. The normalized spacial score (nSPS) is 11.7. The van der Waals surface area contributed by atoms with Crippen LogP contribution in [0.1, 0.15) is 32.5 Å². The lowest BCUT2D eigenvalue weighted by Crippen LogP contribution is -2.38. The van der Waals surface area contributed by atoms with Crippen LogP contribution in [-0.4, -0.2) is 58.9 Å². The van der Waals surface area contributed by atoms with Crippen LogP contribution in [0.5, 0.6) is 0 Å². The predicted molar refractivity (Wildman–Crippen MR) is 102 cm³/mol. The Morgan fingerprint density at radius 2 is 2.09 bits per heavy atom. The van der Waals surface area contributed by atoms with Crippen LogP contribution >= 0.6 is 24.0 Å². The zero-order valence-corrected chi connectivity index (χ0v) is 16.7. The Hall–Kier alpha value is -0.900. The van der Waals surface area contributed by atoms with E-state index in [1.807, 2.05) is 7.05 Å². The topological polar surface area (TPSA) is 70.4 Å². The summed E-state index contributed by atoms with van der Waals surface area (Å²) in [6.45, 7) is 7.11. The van der Waals surface area contributed by atoms with Crippen molar-refractivity contribution in [1.29, 1.82) is 0 Å². The zero-order chi connectivity index (χ0) is 15.7. The molecule has 0 aliphatic rings. The second-order valence-electron chi connectivity index (χ2n) is 5.43. The Labute approximate surface area is 151 Å². The van der Waals surface area contributed by atoms with E-state index in [4.69, 9.17) is 0 Å². The lowest BCUT2D eigenvalue weighted by molar-refractivity contribution is 0.268. The molecular formula is C14H30IN7. The van der Waals surface area contributed by atoms with Crippen LogP contribution in [0.4, 0.5) is 0 Å². The van der Waals surface area contributed by atoms with Crippen LogP contribution < -0.4 is 10.6 Å². The number of halogens is 1. The molecule has 128 valence electrons. The molecule has 0 aliphatic heterocycles. The van der Waals surface area contributed by atoms with E-state index >= 15 is 0 Å². The molecule has 1 aromatic rings. The summed E-state index contributed by atoms with van der Waals surface area (Å²) < 4.78 is 1.75. The summed E-state index contributed by atoms with van der Waals surface area (Å²) in [6.07, 6.45) is 3.86. The van der Waals surface area contributed by atoms with Gasteiger partial charge in [0.2, 0.25) is 0 Å². The van der Waals surface area contributed by atoms with Gasteiger partial charge in [-0.15, -0.1) is 24.0 Å². The van der Waals surface area contributed by atoms with E-state index < -0.39 is 0 Å². The van der Waals surface area contributed by atoms with Crippen molar-refractivity contribution in [3.8, 4) is 0 Å². The number of nitrogens with zero attached hydrogens (tertiary/aromatic N) is 5. The Morgan fingerprint density at radius 1 is 1.36 bits per heavy atom. The van der Waals surface area contributed by atoms with Crippen molar-refractivity contribution < 1.29 is 0 Å². The van der Waals surface area contributed by atoms with E-state index in [1.54, 1.807) is 18.1 Å². The molecule has 0 aromatic carbocycles. The molecule has 0 aliphatic carbocycles. The SMILES string of the molecule is CN=C(NCCCCN(C)C(C)C)NCc1ncnn1C.I. The van der Waals surface area contributed by atoms with Crippen LogP contribution in [0, 0.1) is 0 Å². The fourth-order valence-corrected chi connectivity index (χ4v) is 1.81. The van der Waals surface area contributed by atoms with Crippen LogP contribution in [0.3, 0.4) is 0 Å². The maximum atomic E-state index is 4.20. The van der Waals surface area contributed by atoms with Gasteiger partial charge in [-0.2, -0.15) is 5.10 Å². The maximum absolute atomic E-state index is 4.20. The first kappa shape index (κ1) is 21.1. The molecule has 22 heavy (non-hydrogen) atoms. The number of nitrogens with one attached hydrogen (secondary N) is 2. The van der Waals surface area contributed by atoms with Crippen molar-refractivity contribution in [2.24, 2.45) is 12.0 Å². The van der Waals surface area contributed by atoms with Gasteiger partial charge in [0.05, 0.1) is 6.54 Å². The van der Waals surface area contributed by atoms with E-state index in [0.29, 0.717) is 12.6 Å². The van der Waals surface area contributed by atoms with Crippen molar-refractivity contribution in [3.63, 3.8) is 0 Å². The third-order valence-corrected chi connectivity index (χ3v) is 3.55. The highest BCUT2D eigenvalue weighted by atomic mass is 127. The van der Waals surface area contributed by atoms with Gasteiger partial charge in [0.25, 0.3) is 0 Å². The summed E-state index contributed by atoms with van der Waals surface area (Å²) in [6, 6.07) is 0.610. The molecule has 0 spiro atoms. The van der Waals surface area contributed by atoms with Crippen molar-refractivity contribution in [1.82, 2.24) is 30.3 Å². The number of aromatic nitrogens is 3. The number of hydrogen-bond donors (Lipinski definition) is 2. The molecule has 1 aromatic heterocycles. The Morgan fingerprint density at radius 3 is 2.64 bits per heavy atom. The Bertz CT molecular complexity index is 431. The van der Waals surface area contributed by atoms with Crippen LogP contribution in [0.25, 0.3) is 0 Å². The average molecular weight is 423 g/mol. The van der Waals surface area contributed by atoms with Crippen molar-refractivity contribution in [2.75, 3.05) is 27.2 Å². The van der Waals surface area contributed by atoms with Crippen molar-refractivity contribution >= 4 is 29.9 Å². The summed E-state index contributed by atoms with van der Waals surface area (Å²) in [5, 5.41) is 10.6. The van der Waals surface area contributed by atoms with Gasteiger partial charge in [-0.3, -0.25) is 9.67 Å². The van der Waals surface area contributed by atoms with Crippen LogP contribution in [0.15, 0.2) is 11.3 Å². The number of unbranched alkanes of at least 4 members (excludes halogenated alkanes) is 1. The van der Waals surface area contributed by atoms with E-state index in [-0.39, 0.29) is 24.0 Å². The van der Waals surface area contributed by atoms with Gasteiger partial charge in [-0.1, -0.05) is 0 Å². The fraction of sp³-hybridized carbons (Fsp3) is 0.786. The number of guanidine groups is 1. The largest absolute Gasteiger partial charge is 0.356 e. The molecule has 0 saturated carbocycles. The number of aliphatic imine (C=N–C) groups is 1. The summed E-state index contributed by atoms with van der Waals surface area (Å²) >= 11 is 0. The van der Waals surface area contributed by atoms with Crippen LogP contribution in [0.2, 0.25) is 0 Å². The molecule has 2 N–H and O–H groups in total. The summed E-state index contributed by atoms with van der Waals surface area (Å²) in [5.41, 5.74) is 0. The quantitative estimate of drug-likeness (QED) is 0.285. The number of rotatable bonds is 8. The highest BCUT2D eigenvalue weighted by Crippen LogP contribution is 1.97. The summed E-state index contributed by atoms with van der Waals surface area (Å²) in [5.74, 6) is 1.69. The van der Waals surface area contributed by atoms with Gasteiger partial charge >= 0.3 is 0 Å². The van der Waals surface area contributed by atoms with Gasteiger partial charge < -0.3 is 15.5 Å². The Balaban J connectivity index is 0.00000441. The standard InChI is InChI=1S/C14H29N7.HI/c1-12(2)20(4)9-7-6-8-16-14(15-3)17-10-13-18-11-19-21(13)5;/h11-12H,6-10H2,1-5H3,(H2,15,16,17);1H. The average Bonchev–Trinajstić information content (AvgIpc) is 2.86. The molecule has 0 atom stereocenters. The number of hydrogen-bond acceptors (Lipinski definition) is 4. The third-order valence-electron chi connectivity index (χ3n) is 3.55. The molecule has 1 heterocycles. The molecule has 7 nitrogen and oxygen atoms in total. The molecule has 0 radical (unpaired) electrons. The summed E-state index contributed by atoms with van der Waals surface area (Å²) in [4.78, 5) is 10.7. The second-order valence-corrected chi connectivity index (χ2v) is 5.43. The molecule has 8 heteroatoms. The van der Waals surface area contributed by atoms with Crippen molar-refractivity contribution in [3.05, 3.63) is 12.2 Å². The maximum Gasteiger partial charge on any atom is 0.191 e. The lowest BCUT2D eigenvalue weighted by Gasteiger charge is -2.20. The molecule has 0 saturated heterocycles. The van der Waals surface area contributed by atoms with E-state index in [1.165, 1.54) is 6.42 Å². The van der Waals surface area contributed by atoms with Gasteiger partial charge in [-0.25, -0.2) is 4.98 Å². The molecule has 1 rings (SSSR count). The summed E-state index contributed by atoms with van der Waals surface area (Å²) in [7, 11) is 5.82. The molecule has 0 bridgehead atoms. The minimum Gasteiger partial charge on any atom is -0.356 e. The number of aryl methyl sites for hydroxylation is 1. The zero-order valence-electron chi connectivity index (χ0n) is 14.3. The smallest absolute Gasteiger partial charge is 0.191 e. The minimum atomic E-state index is 0. The first-order chi connectivity index (χ1) is 10.0. The first-order valence-corrected chi connectivity index (χ1v) is 7.52. The predicted octanol–water partition coefficient (Wildman–Crippen LogP) is 1.22. The van der Waals surface area contributed by atoms with Gasteiger partial charge in [0.1, 0.15) is 12.2 Å². The van der Waals surface area contributed by atoms with Crippen LogP contribution in [-0.2, 0) is 13.6 Å². The highest BCUT2D eigenvalue weighted by Gasteiger charge is 2.04. The lowest BCUT2D eigenvalue weighted by atomic mass is 10.2. The van der Waals surface area contributed by atoms with Gasteiger partial charge in [-0.05, 0) is 40.3 Å². The molecule has 0 fully saturated rings. The van der Waals surface area contributed by atoms with E-state index in [9.17, 15) is 0 Å². The van der Waals surface area contributed by atoms with E-state index in [2.05, 4.69) is 51.5 Å². The second kappa shape index (κ2) is 11.6. The Kier molecular flexibility index (Phi) is 11.2. The minimum absolute atomic E-state index is 0. The molecule has 0 amide bonds. The first-order valence-electron chi connectivity index (χ1n) is 7.52. The van der Waals surface area contributed by atoms with Gasteiger partial charge in [0.15, 0.2) is 5.96 Å². The monoisotopic (exact) mass is 423 g/mol.